The summed E-state index contributed by atoms with van der Waals surface area (Å²) in [5.41, 5.74) is 1.23. The number of hydrogen-bond acceptors (Lipinski definition) is 2. The number of hydrogen-bond donors (Lipinski definition) is 2. The van der Waals surface area contributed by atoms with Gasteiger partial charge in [0.25, 0.3) is 5.91 Å². The van der Waals surface area contributed by atoms with Gasteiger partial charge in [-0.3, -0.25) is 4.79 Å². The molecule has 2 aromatic rings. The minimum Gasteiger partial charge on any atom is -0.463 e. The number of carbonyl (C=O) groups is 1. The van der Waals surface area contributed by atoms with Gasteiger partial charge in [0.1, 0.15) is 0 Å². The summed E-state index contributed by atoms with van der Waals surface area (Å²) in [5, 5.41) is 5.67. The van der Waals surface area contributed by atoms with Crippen molar-refractivity contribution in [2.75, 3.05) is 0 Å². The lowest BCUT2D eigenvalue weighted by Gasteiger charge is -2.57. The topological polar surface area (TPSA) is 58.9 Å². The Morgan fingerprint density at radius 3 is 2.25 bits per heavy atom. The van der Waals surface area contributed by atoms with Crippen LogP contribution in [0.15, 0.2) is 53.1 Å². The molecule has 1 heterocycles. The molecule has 28 heavy (non-hydrogen) atoms. The molecule has 4 aliphatic rings. The zero-order chi connectivity index (χ0) is 19.1. The summed E-state index contributed by atoms with van der Waals surface area (Å²) < 4.78 is 5.70. The number of benzene rings is 1. The molecule has 3 N–H and O–H groups in total. The molecule has 1 aromatic heterocycles. The molecule has 0 aliphatic heterocycles. The number of amides is 1. The molecule has 2 atom stereocenters. The van der Waals surface area contributed by atoms with Gasteiger partial charge in [0.2, 0.25) is 0 Å². The predicted molar refractivity (Wildman–Crippen MR) is 107 cm³/mol. The van der Waals surface area contributed by atoms with E-state index in [0.717, 1.165) is 29.1 Å². The third-order valence-corrected chi connectivity index (χ3v) is 7.33. The summed E-state index contributed by atoms with van der Waals surface area (Å²) >= 11 is 0. The van der Waals surface area contributed by atoms with E-state index in [4.69, 9.17) is 4.42 Å². The molecule has 0 radical (unpaired) electrons. The Kier molecular flexibility index (Phi) is 4.54. The fourth-order valence-corrected chi connectivity index (χ4v) is 6.51. The quantitative estimate of drug-likeness (QED) is 0.808. The first-order valence-corrected chi connectivity index (χ1v) is 10.9. The second-order valence-electron chi connectivity index (χ2n) is 9.57. The van der Waals surface area contributed by atoms with Crippen LogP contribution in [0.2, 0.25) is 0 Å². The first-order chi connectivity index (χ1) is 13.6. The average molecular weight is 380 g/mol. The minimum absolute atomic E-state index is 0.00619. The molecule has 1 amide bonds. The number of rotatable bonds is 6. The number of quaternary nitrogens is 1. The Morgan fingerprint density at radius 2 is 1.68 bits per heavy atom. The van der Waals surface area contributed by atoms with Crippen molar-refractivity contribution in [2.45, 2.75) is 63.1 Å². The Labute approximate surface area is 167 Å². The Morgan fingerprint density at radius 1 is 1.04 bits per heavy atom. The number of nitrogens with one attached hydrogen (secondary N) is 1. The van der Waals surface area contributed by atoms with Gasteiger partial charge >= 0.3 is 0 Å². The molecule has 1 aromatic carbocycles. The highest BCUT2D eigenvalue weighted by atomic mass is 16.3. The van der Waals surface area contributed by atoms with Gasteiger partial charge in [-0.2, -0.15) is 0 Å². The van der Waals surface area contributed by atoms with Gasteiger partial charge in [-0.1, -0.05) is 30.3 Å². The molecular formula is C24H31N2O2+. The zero-order valence-electron chi connectivity index (χ0n) is 16.6. The summed E-state index contributed by atoms with van der Waals surface area (Å²) in [6.45, 7) is 2.02. The SMILES string of the molecule is C[C@@H]([NH2+][C@H](c1ccccc1)c1ccco1)C(=O)NC12CC3CC(CC(C3)C1)C2. The van der Waals surface area contributed by atoms with Crippen molar-refractivity contribution < 1.29 is 14.5 Å². The molecule has 4 heteroatoms. The molecule has 6 rings (SSSR count). The van der Waals surface area contributed by atoms with Crippen molar-refractivity contribution in [1.82, 2.24) is 5.32 Å². The maximum absolute atomic E-state index is 13.2. The van der Waals surface area contributed by atoms with Crippen molar-refractivity contribution in [2.24, 2.45) is 17.8 Å². The van der Waals surface area contributed by atoms with E-state index in [2.05, 4.69) is 22.8 Å². The summed E-state index contributed by atoms with van der Waals surface area (Å²) in [4.78, 5) is 13.2. The maximum atomic E-state index is 13.2. The normalized spacial score (nSPS) is 32.8. The standard InChI is InChI=1S/C24H30N2O2/c1-16(25-22(21-8-5-9-28-21)20-6-3-2-4-7-20)23(27)26-24-13-17-10-18(14-24)12-19(11-17)15-24/h2-9,16-19,22,25H,10-15H2,1H3,(H,26,27)/p+1/t16-,17?,18?,19?,22-,24?/m1/s1. The van der Waals surface area contributed by atoms with Gasteiger partial charge in [-0.25, -0.2) is 0 Å². The summed E-state index contributed by atoms with van der Waals surface area (Å²) in [7, 11) is 0. The van der Waals surface area contributed by atoms with Gasteiger partial charge < -0.3 is 15.1 Å². The van der Waals surface area contributed by atoms with E-state index >= 15 is 0 Å². The zero-order valence-corrected chi connectivity index (χ0v) is 16.6. The fourth-order valence-electron chi connectivity index (χ4n) is 6.51. The van der Waals surface area contributed by atoms with Gasteiger partial charge in [0.05, 0.1) is 6.26 Å². The largest absolute Gasteiger partial charge is 0.463 e. The van der Waals surface area contributed by atoms with Crippen LogP contribution >= 0.6 is 0 Å². The number of nitrogens with two attached hydrogens (primary N) is 1. The van der Waals surface area contributed by atoms with Crippen molar-refractivity contribution in [3.8, 4) is 0 Å². The highest BCUT2D eigenvalue weighted by Crippen LogP contribution is 2.55. The highest BCUT2D eigenvalue weighted by Gasteiger charge is 2.52. The molecule has 0 unspecified atom stereocenters. The molecular weight excluding hydrogens is 348 g/mol. The number of carbonyl (C=O) groups excluding carboxylic acids is 1. The maximum Gasteiger partial charge on any atom is 0.278 e. The lowest BCUT2D eigenvalue weighted by atomic mass is 9.53. The second-order valence-corrected chi connectivity index (χ2v) is 9.57. The van der Waals surface area contributed by atoms with Crippen LogP contribution in [0, 0.1) is 17.8 Å². The lowest BCUT2D eigenvalue weighted by molar-refractivity contribution is -0.706. The van der Waals surface area contributed by atoms with Gasteiger partial charge in [0, 0.05) is 11.1 Å². The van der Waals surface area contributed by atoms with Crippen LogP contribution in [-0.4, -0.2) is 17.5 Å². The van der Waals surface area contributed by atoms with E-state index in [1.807, 2.05) is 37.3 Å². The molecule has 4 bridgehead atoms. The molecule has 4 fully saturated rings. The van der Waals surface area contributed by atoms with Crippen LogP contribution in [0.3, 0.4) is 0 Å². The molecule has 148 valence electrons. The molecule has 4 saturated carbocycles. The van der Waals surface area contributed by atoms with Crippen LogP contribution in [0.5, 0.6) is 0 Å². The first-order valence-electron chi connectivity index (χ1n) is 10.9. The van der Waals surface area contributed by atoms with Crippen molar-refractivity contribution in [1.29, 1.82) is 0 Å². The summed E-state index contributed by atoms with van der Waals surface area (Å²) in [6, 6.07) is 14.1. The van der Waals surface area contributed by atoms with Crippen LogP contribution in [0.25, 0.3) is 0 Å². The molecule has 4 nitrogen and oxygen atoms in total. The lowest BCUT2D eigenvalue weighted by Crippen LogP contribution is -2.93. The van der Waals surface area contributed by atoms with Gasteiger partial charge in [-0.15, -0.1) is 0 Å². The second kappa shape index (κ2) is 7.07. The van der Waals surface area contributed by atoms with E-state index in [-0.39, 0.29) is 23.5 Å². The van der Waals surface area contributed by atoms with E-state index in [0.29, 0.717) is 0 Å². The number of furan rings is 1. The predicted octanol–water partition coefficient (Wildman–Crippen LogP) is 3.41. The third-order valence-electron chi connectivity index (χ3n) is 7.33. The average Bonchev–Trinajstić information content (AvgIpc) is 3.19. The first kappa shape index (κ1) is 18.0. The molecule has 4 aliphatic carbocycles. The molecule has 0 saturated heterocycles. The van der Waals surface area contributed by atoms with Crippen molar-refractivity contribution >= 4 is 5.91 Å². The van der Waals surface area contributed by atoms with E-state index in [9.17, 15) is 4.79 Å². The van der Waals surface area contributed by atoms with Crippen LogP contribution in [0.1, 0.15) is 62.8 Å². The van der Waals surface area contributed by atoms with E-state index in [1.165, 1.54) is 38.5 Å². The summed E-state index contributed by atoms with van der Waals surface area (Å²) in [6.07, 6.45) is 9.47. The Balaban J connectivity index is 1.30. The van der Waals surface area contributed by atoms with Gasteiger partial charge in [0.15, 0.2) is 17.8 Å². The van der Waals surface area contributed by atoms with Crippen LogP contribution < -0.4 is 10.6 Å². The monoisotopic (exact) mass is 379 g/mol. The Hall–Kier alpha value is -2.07. The van der Waals surface area contributed by atoms with E-state index < -0.39 is 0 Å². The van der Waals surface area contributed by atoms with Crippen LogP contribution in [-0.2, 0) is 4.79 Å². The smallest absolute Gasteiger partial charge is 0.278 e. The van der Waals surface area contributed by atoms with Crippen molar-refractivity contribution in [3.63, 3.8) is 0 Å². The minimum atomic E-state index is -0.164. The van der Waals surface area contributed by atoms with Crippen molar-refractivity contribution in [3.05, 3.63) is 60.1 Å². The Bertz CT molecular complexity index is 779. The van der Waals surface area contributed by atoms with Crippen LogP contribution in [0.4, 0.5) is 0 Å². The highest BCUT2D eigenvalue weighted by molar-refractivity contribution is 5.80. The third kappa shape index (κ3) is 3.39. The van der Waals surface area contributed by atoms with Gasteiger partial charge in [-0.05, 0) is 75.3 Å². The fraction of sp³-hybridized carbons (Fsp3) is 0.542. The van der Waals surface area contributed by atoms with E-state index in [1.54, 1.807) is 6.26 Å². The summed E-state index contributed by atoms with van der Waals surface area (Å²) in [5.74, 6) is 3.58. The molecule has 0 spiro atoms.